The Bertz CT molecular complexity index is 984. The molecule has 1 aliphatic rings. The molecule has 29 heavy (non-hydrogen) atoms. The molecule has 1 aromatic heterocycles. The molecule has 1 fully saturated rings. The first-order chi connectivity index (χ1) is 14.1. The minimum absolute atomic E-state index is 0.0775. The maximum absolute atomic E-state index is 13.1. The van der Waals surface area contributed by atoms with Crippen molar-refractivity contribution < 1.29 is 13.9 Å². The summed E-state index contributed by atoms with van der Waals surface area (Å²) in [6, 6.07) is 15.4. The average molecular weight is 392 g/mol. The van der Waals surface area contributed by atoms with Crippen LogP contribution >= 0.6 is 0 Å². The third kappa shape index (κ3) is 4.18. The molecule has 2 heterocycles. The van der Waals surface area contributed by atoms with Gasteiger partial charge in [-0.15, -0.1) is 0 Å². The van der Waals surface area contributed by atoms with Crippen molar-refractivity contribution >= 4 is 11.7 Å². The first-order valence-electron chi connectivity index (χ1n) is 9.40. The van der Waals surface area contributed by atoms with Gasteiger partial charge in [0.15, 0.2) is 0 Å². The van der Waals surface area contributed by atoms with Crippen LogP contribution in [0.5, 0.6) is 5.75 Å². The Morgan fingerprint density at radius 2 is 1.66 bits per heavy atom. The fraction of sp³-hybridized carbons (Fsp3) is 0.227. The van der Waals surface area contributed by atoms with E-state index in [-0.39, 0.29) is 11.7 Å². The highest BCUT2D eigenvalue weighted by molar-refractivity contribution is 5.94. The molecule has 7 heteroatoms. The summed E-state index contributed by atoms with van der Waals surface area (Å²) in [7, 11) is 1.64. The Kier molecular flexibility index (Phi) is 5.37. The Labute approximate surface area is 168 Å². The zero-order valence-corrected chi connectivity index (χ0v) is 16.1. The molecule has 0 unspecified atom stereocenters. The number of nitrogens with zero attached hydrogens (tertiary/aromatic N) is 4. The van der Waals surface area contributed by atoms with Crippen LogP contribution in [-0.4, -0.2) is 54.1 Å². The largest absolute Gasteiger partial charge is 0.497 e. The number of hydrogen-bond acceptors (Lipinski definition) is 5. The molecule has 0 N–H and O–H groups in total. The third-order valence-corrected chi connectivity index (χ3v) is 5.02. The lowest BCUT2D eigenvalue weighted by Gasteiger charge is -2.35. The van der Waals surface area contributed by atoms with Gasteiger partial charge in [-0.2, -0.15) is 0 Å². The number of methoxy groups -OCH3 is 1. The lowest BCUT2D eigenvalue weighted by molar-refractivity contribution is 0.0746. The standard InChI is InChI=1S/C22H21FN4O2/c1-29-19-8-4-16(5-9-19)20-14-21(25-15-24-20)26-10-12-27(13-11-26)22(28)17-2-6-18(23)7-3-17/h2-9,14-15H,10-13H2,1H3. The number of amides is 1. The van der Waals surface area contributed by atoms with Gasteiger partial charge in [-0.25, -0.2) is 14.4 Å². The van der Waals surface area contributed by atoms with E-state index in [2.05, 4.69) is 14.9 Å². The number of carbonyl (C=O) groups excluding carboxylic acids is 1. The van der Waals surface area contributed by atoms with E-state index in [1.165, 1.54) is 24.3 Å². The molecule has 148 valence electrons. The summed E-state index contributed by atoms with van der Waals surface area (Å²) in [5.41, 5.74) is 2.32. The minimum Gasteiger partial charge on any atom is -0.497 e. The van der Waals surface area contributed by atoms with Gasteiger partial charge in [0.1, 0.15) is 23.7 Å². The molecular formula is C22H21FN4O2. The van der Waals surface area contributed by atoms with Crippen molar-refractivity contribution in [1.29, 1.82) is 0 Å². The lowest BCUT2D eigenvalue weighted by atomic mass is 10.1. The number of hydrogen-bond donors (Lipinski definition) is 0. The molecule has 1 aliphatic heterocycles. The number of ether oxygens (including phenoxy) is 1. The summed E-state index contributed by atoms with van der Waals surface area (Å²) < 4.78 is 18.3. The fourth-order valence-electron chi connectivity index (χ4n) is 3.35. The molecule has 0 aliphatic carbocycles. The highest BCUT2D eigenvalue weighted by Crippen LogP contribution is 2.24. The molecule has 0 atom stereocenters. The third-order valence-electron chi connectivity index (χ3n) is 5.02. The predicted molar refractivity (Wildman–Crippen MR) is 109 cm³/mol. The number of aromatic nitrogens is 2. The van der Waals surface area contributed by atoms with Crippen LogP contribution < -0.4 is 9.64 Å². The SMILES string of the molecule is COc1ccc(-c2cc(N3CCN(C(=O)c4ccc(F)cc4)CC3)ncn2)cc1. The Balaban J connectivity index is 1.43. The molecule has 1 amide bonds. The summed E-state index contributed by atoms with van der Waals surface area (Å²) >= 11 is 0. The minimum atomic E-state index is -0.345. The quantitative estimate of drug-likeness (QED) is 0.682. The summed E-state index contributed by atoms with van der Waals surface area (Å²) in [5.74, 6) is 1.21. The van der Waals surface area contributed by atoms with Gasteiger partial charge in [0.05, 0.1) is 12.8 Å². The second-order valence-electron chi connectivity index (χ2n) is 6.78. The number of rotatable bonds is 4. The average Bonchev–Trinajstić information content (AvgIpc) is 2.79. The van der Waals surface area contributed by atoms with E-state index in [4.69, 9.17) is 4.74 Å². The fourth-order valence-corrected chi connectivity index (χ4v) is 3.35. The van der Waals surface area contributed by atoms with Gasteiger partial charge in [0.25, 0.3) is 5.91 Å². The summed E-state index contributed by atoms with van der Waals surface area (Å²) in [4.78, 5) is 25.3. The van der Waals surface area contributed by atoms with Crippen LogP contribution in [0.3, 0.4) is 0 Å². The Morgan fingerprint density at radius 3 is 2.31 bits per heavy atom. The van der Waals surface area contributed by atoms with Gasteiger partial charge < -0.3 is 14.5 Å². The number of halogens is 1. The van der Waals surface area contributed by atoms with Crippen molar-refractivity contribution in [1.82, 2.24) is 14.9 Å². The van der Waals surface area contributed by atoms with E-state index in [0.29, 0.717) is 31.7 Å². The number of anilines is 1. The van der Waals surface area contributed by atoms with Crippen LogP contribution in [0, 0.1) is 5.82 Å². The van der Waals surface area contributed by atoms with E-state index < -0.39 is 0 Å². The highest BCUT2D eigenvalue weighted by Gasteiger charge is 2.23. The van der Waals surface area contributed by atoms with Crippen molar-refractivity contribution in [3.05, 3.63) is 72.3 Å². The molecule has 0 saturated carbocycles. The van der Waals surface area contributed by atoms with E-state index in [1.54, 1.807) is 18.3 Å². The Hall–Kier alpha value is -3.48. The zero-order chi connectivity index (χ0) is 20.2. The number of carbonyl (C=O) groups is 1. The van der Waals surface area contributed by atoms with E-state index >= 15 is 0 Å². The second-order valence-corrected chi connectivity index (χ2v) is 6.78. The summed E-state index contributed by atoms with van der Waals surface area (Å²) in [6.07, 6.45) is 1.56. The molecule has 1 saturated heterocycles. The van der Waals surface area contributed by atoms with Crippen LogP contribution in [0.25, 0.3) is 11.3 Å². The van der Waals surface area contributed by atoms with Crippen LogP contribution in [-0.2, 0) is 0 Å². The molecule has 0 spiro atoms. The summed E-state index contributed by atoms with van der Waals surface area (Å²) in [6.45, 7) is 2.51. The zero-order valence-electron chi connectivity index (χ0n) is 16.1. The Morgan fingerprint density at radius 1 is 0.966 bits per heavy atom. The molecule has 6 nitrogen and oxygen atoms in total. The van der Waals surface area contributed by atoms with Crippen molar-refractivity contribution in [2.45, 2.75) is 0 Å². The molecule has 0 bridgehead atoms. The predicted octanol–water partition coefficient (Wildman–Crippen LogP) is 3.25. The van der Waals surface area contributed by atoms with Crippen molar-refractivity contribution in [2.24, 2.45) is 0 Å². The summed E-state index contributed by atoms with van der Waals surface area (Å²) in [5, 5.41) is 0. The van der Waals surface area contributed by atoms with Gasteiger partial charge in [0.2, 0.25) is 0 Å². The van der Waals surface area contributed by atoms with E-state index in [1.807, 2.05) is 30.3 Å². The van der Waals surface area contributed by atoms with E-state index in [0.717, 1.165) is 22.8 Å². The van der Waals surface area contributed by atoms with Gasteiger partial charge >= 0.3 is 0 Å². The number of piperazine rings is 1. The first kappa shape index (κ1) is 18.9. The van der Waals surface area contributed by atoms with Gasteiger partial charge in [-0.1, -0.05) is 0 Å². The van der Waals surface area contributed by atoms with Crippen LogP contribution in [0.15, 0.2) is 60.9 Å². The van der Waals surface area contributed by atoms with Crippen molar-refractivity contribution in [3.8, 4) is 17.0 Å². The van der Waals surface area contributed by atoms with Gasteiger partial charge in [0, 0.05) is 43.4 Å². The van der Waals surface area contributed by atoms with Gasteiger partial charge in [-0.3, -0.25) is 4.79 Å². The van der Waals surface area contributed by atoms with Crippen LogP contribution in [0.4, 0.5) is 10.2 Å². The second kappa shape index (κ2) is 8.26. The monoisotopic (exact) mass is 392 g/mol. The van der Waals surface area contributed by atoms with E-state index in [9.17, 15) is 9.18 Å². The molecule has 2 aromatic carbocycles. The maximum Gasteiger partial charge on any atom is 0.253 e. The maximum atomic E-state index is 13.1. The lowest BCUT2D eigenvalue weighted by Crippen LogP contribution is -2.49. The first-order valence-corrected chi connectivity index (χ1v) is 9.40. The molecule has 4 rings (SSSR count). The molecule has 3 aromatic rings. The molecular weight excluding hydrogens is 371 g/mol. The van der Waals surface area contributed by atoms with Crippen LogP contribution in [0.2, 0.25) is 0 Å². The molecule has 0 radical (unpaired) electrons. The number of benzene rings is 2. The highest BCUT2D eigenvalue weighted by atomic mass is 19.1. The van der Waals surface area contributed by atoms with Crippen molar-refractivity contribution in [2.75, 3.05) is 38.2 Å². The smallest absolute Gasteiger partial charge is 0.253 e. The van der Waals surface area contributed by atoms with Crippen LogP contribution in [0.1, 0.15) is 10.4 Å². The van der Waals surface area contributed by atoms with Crippen molar-refractivity contribution in [3.63, 3.8) is 0 Å². The van der Waals surface area contributed by atoms with Gasteiger partial charge in [-0.05, 0) is 48.5 Å². The normalized spacial score (nSPS) is 14.0. The topological polar surface area (TPSA) is 58.6 Å².